The summed E-state index contributed by atoms with van der Waals surface area (Å²) < 4.78 is 34.7. The first-order valence-corrected chi connectivity index (χ1v) is 8.99. The van der Waals surface area contributed by atoms with Gasteiger partial charge in [0.1, 0.15) is 0 Å². The van der Waals surface area contributed by atoms with Gasteiger partial charge in [0.25, 0.3) is 7.82 Å². The molecule has 112 valence electrons. The molecule has 0 rings (SSSR count). The third-order valence-corrected chi connectivity index (χ3v) is 4.31. The monoisotopic (exact) mass is 440 g/mol. The molecule has 0 atom stereocenters. The van der Waals surface area contributed by atoms with Crippen LogP contribution in [0.3, 0.4) is 0 Å². The molecule has 0 bridgehead atoms. The van der Waals surface area contributed by atoms with Crippen LogP contribution in [-0.2, 0) is 22.3 Å². The predicted molar refractivity (Wildman–Crippen MR) is 50.2 cm³/mol. The minimum atomic E-state index is -5.97. The van der Waals surface area contributed by atoms with Crippen LogP contribution in [0.1, 0.15) is 33.1 Å². The number of hydrogen-bond acceptors (Lipinski definition) is 10. The third-order valence-electron chi connectivity index (χ3n) is 1.11. The first kappa shape index (κ1) is 46.6. The van der Waals surface area contributed by atoms with E-state index >= 15 is 0 Å². The van der Waals surface area contributed by atoms with Gasteiger partial charge in [-0.25, -0.2) is 0 Å². The Labute approximate surface area is 246 Å². The van der Waals surface area contributed by atoms with Crippen molar-refractivity contribution < 1.29 is 195 Å². The largest absolute Gasteiger partial charge is 1.00 e. The molecule has 0 N–H and O–H groups in total. The van der Waals surface area contributed by atoms with Crippen LogP contribution in [0.4, 0.5) is 0 Å². The Morgan fingerprint density at radius 3 is 0.957 bits per heavy atom. The Hall–Kier alpha value is 5.41. The van der Waals surface area contributed by atoms with Gasteiger partial charge in [-0.1, -0.05) is 33.1 Å². The molecule has 0 aromatic carbocycles. The second-order valence-corrected chi connectivity index (χ2v) is 6.85. The van der Waals surface area contributed by atoms with E-state index in [1.165, 1.54) is 19.3 Å². The van der Waals surface area contributed by atoms with Crippen molar-refractivity contribution in [3.63, 3.8) is 0 Å². The van der Waals surface area contributed by atoms with Crippen LogP contribution >= 0.6 is 23.5 Å². The molecule has 0 fully saturated rings. The van der Waals surface area contributed by atoms with Crippen molar-refractivity contribution in [3.05, 3.63) is 0 Å². The maximum Gasteiger partial charge on any atom is 1.00 e. The van der Waals surface area contributed by atoms with Gasteiger partial charge in [-0.05, 0) is 0 Å². The SMILES string of the molecule is CCCCC.O=P([O-])([O-])OP(=O)([O-])OP(=O)([O-])[O-].[Na+].[Na+].[Na+].[Na+].[Na+]. The molecule has 0 radical (unpaired) electrons. The van der Waals surface area contributed by atoms with Crippen molar-refractivity contribution in [1.82, 2.24) is 0 Å². The van der Waals surface area contributed by atoms with E-state index in [1.54, 1.807) is 0 Å². The maximum atomic E-state index is 10.1. The Bertz CT molecular complexity index is 342. The second-order valence-electron chi connectivity index (χ2n) is 2.86. The average molecular weight is 440 g/mol. The van der Waals surface area contributed by atoms with E-state index in [1.807, 2.05) is 0 Å². The molecular weight excluding hydrogens is 428 g/mol. The molecule has 0 unspecified atom stereocenters. The molecular formula is C5H12Na5O10P3. The summed E-state index contributed by atoms with van der Waals surface area (Å²) in [6.45, 7) is 4.42. The van der Waals surface area contributed by atoms with Gasteiger partial charge in [0.05, 0.1) is 15.6 Å². The van der Waals surface area contributed by atoms with Crippen LogP contribution in [0.5, 0.6) is 0 Å². The minimum absolute atomic E-state index is 0. The first-order chi connectivity index (χ1) is 7.83. The van der Waals surface area contributed by atoms with Crippen LogP contribution < -0.4 is 172 Å². The van der Waals surface area contributed by atoms with Gasteiger partial charge >= 0.3 is 148 Å². The van der Waals surface area contributed by atoms with Crippen molar-refractivity contribution in [3.8, 4) is 0 Å². The van der Waals surface area contributed by atoms with Crippen LogP contribution in [0.2, 0.25) is 0 Å². The molecule has 10 nitrogen and oxygen atoms in total. The van der Waals surface area contributed by atoms with Gasteiger partial charge in [-0.3, -0.25) is 13.2 Å². The molecule has 0 saturated heterocycles. The maximum absolute atomic E-state index is 10.1. The van der Waals surface area contributed by atoms with Gasteiger partial charge in [0.15, 0.2) is 0 Å². The van der Waals surface area contributed by atoms with Crippen molar-refractivity contribution in [2.24, 2.45) is 0 Å². The Balaban J connectivity index is -0.0000000455. The number of hydrogen-bond donors (Lipinski definition) is 0. The van der Waals surface area contributed by atoms with Crippen LogP contribution in [0.15, 0.2) is 0 Å². The Kier molecular flexibility index (Phi) is 48.0. The molecule has 0 aliphatic heterocycles. The fraction of sp³-hybridized carbons (Fsp3) is 1.00. The zero-order valence-electron chi connectivity index (χ0n) is 14.5. The predicted octanol–water partition coefficient (Wildman–Crippen LogP) is -16.6. The molecule has 0 heterocycles. The van der Waals surface area contributed by atoms with E-state index in [0.717, 1.165) is 0 Å². The van der Waals surface area contributed by atoms with Crippen molar-refractivity contribution in [1.29, 1.82) is 0 Å². The van der Waals surface area contributed by atoms with Crippen LogP contribution in [-0.4, -0.2) is 0 Å². The molecule has 0 aliphatic carbocycles. The molecule has 23 heavy (non-hydrogen) atoms. The van der Waals surface area contributed by atoms with Gasteiger partial charge in [0, 0.05) is 0 Å². The zero-order valence-corrected chi connectivity index (χ0v) is 27.2. The van der Waals surface area contributed by atoms with E-state index < -0.39 is 23.5 Å². The summed E-state index contributed by atoms with van der Waals surface area (Å²) >= 11 is 0. The third kappa shape index (κ3) is 47.0. The van der Waals surface area contributed by atoms with E-state index in [9.17, 15) is 38.2 Å². The fourth-order valence-corrected chi connectivity index (χ4v) is 2.96. The Morgan fingerprint density at radius 2 is 0.870 bits per heavy atom. The molecule has 0 aliphatic rings. The molecule has 0 aromatic rings. The fourth-order valence-electron chi connectivity index (χ4n) is 0.613. The summed E-state index contributed by atoms with van der Waals surface area (Å²) in [5.74, 6) is 0. The van der Waals surface area contributed by atoms with Gasteiger partial charge in [-0.2, -0.15) is 0 Å². The topological polar surface area (TPSA) is 185 Å². The summed E-state index contributed by atoms with van der Waals surface area (Å²) in [7, 11) is -17.9. The molecule has 0 spiro atoms. The number of phosphoric acid groups is 3. The molecule has 0 aromatic heterocycles. The standard InChI is InChI=1S/C5H12.5Na.H5O10P3/c1-3-5-4-2;;;;;;1-11(2,3)9-13(7,8)10-12(4,5)6/h3-5H2,1-2H3;;;;;;(H,7,8)(H2,1,2,3)(H2,4,5,6)/q;5*+1;/p-5. The van der Waals surface area contributed by atoms with Gasteiger partial charge < -0.3 is 33.6 Å². The molecule has 0 saturated carbocycles. The average Bonchev–Trinajstić information content (AvgIpc) is 1.95. The van der Waals surface area contributed by atoms with E-state index in [4.69, 9.17) is 0 Å². The zero-order chi connectivity index (χ0) is 15.0. The summed E-state index contributed by atoms with van der Waals surface area (Å²) in [6, 6.07) is 0. The summed E-state index contributed by atoms with van der Waals surface area (Å²) in [5.41, 5.74) is 0. The number of unbranched alkanes of at least 4 members (excludes halogenated alkanes) is 2. The first-order valence-electron chi connectivity index (χ1n) is 4.61. The van der Waals surface area contributed by atoms with Crippen molar-refractivity contribution in [2.45, 2.75) is 33.1 Å². The van der Waals surface area contributed by atoms with E-state index in [-0.39, 0.29) is 148 Å². The summed E-state index contributed by atoms with van der Waals surface area (Å²) in [6.07, 6.45) is 4.08. The summed E-state index contributed by atoms with van der Waals surface area (Å²) in [4.78, 5) is 48.6. The summed E-state index contributed by atoms with van der Waals surface area (Å²) in [5, 5.41) is 0. The minimum Gasteiger partial charge on any atom is -0.790 e. The van der Waals surface area contributed by atoms with E-state index in [2.05, 4.69) is 22.5 Å². The van der Waals surface area contributed by atoms with E-state index in [0.29, 0.717) is 0 Å². The number of rotatable bonds is 6. The quantitative estimate of drug-likeness (QED) is 0.284. The molecule has 0 amide bonds. The smallest absolute Gasteiger partial charge is 0.790 e. The second kappa shape index (κ2) is 23.7. The van der Waals surface area contributed by atoms with Gasteiger partial charge in [0.2, 0.25) is 0 Å². The normalized spacial score (nSPS) is 10.0. The molecule has 18 heteroatoms. The van der Waals surface area contributed by atoms with Crippen LogP contribution in [0.25, 0.3) is 0 Å². The Morgan fingerprint density at radius 1 is 0.652 bits per heavy atom. The van der Waals surface area contributed by atoms with Crippen LogP contribution in [0, 0.1) is 0 Å². The van der Waals surface area contributed by atoms with Gasteiger partial charge in [-0.15, -0.1) is 0 Å². The van der Waals surface area contributed by atoms with Crippen molar-refractivity contribution in [2.75, 3.05) is 0 Å². The van der Waals surface area contributed by atoms with Crippen molar-refractivity contribution >= 4 is 23.5 Å².